The Bertz CT molecular complexity index is 578. The van der Waals surface area contributed by atoms with Crippen LogP contribution >= 0.6 is 0 Å². The Morgan fingerprint density at radius 1 is 1.24 bits per heavy atom. The number of anilines is 1. The standard InChI is InChI=1S/C16H22N4O/c1-12-5-8-16(19-18-12)20-9-3-4-14(11-20)17-10-15-7-6-13(2)21-15/h5-8,14,17H,3-4,9-11H2,1-2H3/t14-/m0/s1. The molecule has 0 radical (unpaired) electrons. The van der Waals surface area contributed by atoms with Gasteiger partial charge in [-0.1, -0.05) is 0 Å². The number of nitrogens with one attached hydrogen (secondary N) is 1. The van der Waals surface area contributed by atoms with Crippen molar-refractivity contribution in [1.82, 2.24) is 15.5 Å². The lowest BCUT2D eigenvalue weighted by molar-refractivity contribution is 0.389. The second kappa shape index (κ2) is 6.26. The molecule has 21 heavy (non-hydrogen) atoms. The van der Waals surface area contributed by atoms with Gasteiger partial charge < -0.3 is 14.6 Å². The molecular weight excluding hydrogens is 264 g/mol. The fourth-order valence-electron chi connectivity index (χ4n) is 2.74. The third-order valence-electron chi connectivity index (χ3n) is 3.89. The number of furan rings is 1. The molecule has 0 bridgehead atoms. The van der Waals surface area contributed by atoms with Crippen LogP contribution in [-0.2, 0) is 6.54 Å². The zero-order valence-corrected chi connectivity index (χ0v) is 12.7. The lowest BCUT2D eigenvalue weighted by atomic mass is 10.1. The van der Waals surface area contributed by atoms with Crippen molar-refractivity contribution >= 4 is 5.82 Å². The summed E-state index contributed by atoms with van der Waals surface area (Å²) in [5.41, 5.74) is 0.957. The molecule has 2 aromatic heterocycles. The highest BCUT2D eigenvalue weighted by Crippen LogP contribution is 2.17. The molecular formula is C16H22N4O. The van der Waals surface area contributed by atoms with Crippen LogP contribution in [0.15, 0.2) is 28.7 Å². The van der Waals surface area contributed by atoms with E-state index in [2.05, 4.69) is 26.5 Å². The third kappa shape index (κ3) is 3.61. The van der Waals surface area contributed by atoms with E-state index < -0.39 is 0 Å². The van der Waals surface area contributed by atoms with Crippen molar-refractivity contribution in [1.29, 1.82) is 0 Å². The van der Waals surface area contributed by atoms with E-state index in [4.69, 9.17) is 4.42 Å². The van der Waals surface area contributed by atoms with Crippen LogP contribution in [0.1, 0.15) is 30.1 Å². The molecule has 0 aliphatic carbocycles. The van der Waals surface area contributed by atoms with Crippen LogP contribution in [0.5, 0.6) is 0 Å². The minimum absolute atomic E-state index is 0.465. The number of piperidine rings is 1. The monoisotopic (exact) mass is 286 g/mol. The predicted molar refractivity (Wildman–Crippen MR) is 82.3 cm³/mol. The summed E-state index contributed by atoms with van der Waals surface area (Å²) in [6, 6.07) is 8.58. The summed E-state index contributed by atoms with van der Waals surface area (Å²) in [5.74, 6) is 2.94. The van der Waals surface area contributed by atoms with Crippen molar-refractivity contribution < 1.29 is 4.42 Å². The van der Waals surface area contributed by atoms with Gasteiger partial charge in [0.05, 0.1) is 12.2 Å². The molecule has 1 N–H and O–H groups in total. The van der Waals surface area contributed by atoms with Gasteiger partial charge in [0.15, 0.2) is 5.82 Å². The largest absolute Gasteiger partial charge is 0.465 e. The van der Waals surface area contributed by atoms with Crippen LogP contribution < -0.4 is 10.2 Å². The highest BCUT2D eigenvalue weighted by Gasteiger charge is 2.21. The van der Waals surface area contributed by atoms with Crippen LogP contribution in [0.2, 0.25) is 0 Å². The van der Waals surface area contributed by atoms with Crippen LogP contribution in [-0.4, -0.2) is 29.3 Å². The first kappa shape index (κ1) is 14.1. The Kier molecular flexibility index (Phi) is 4.20. The summed E-state index contributed by atoms with van der Waals surface area (Å²) in [7, 11) is 0. The molecule has 0 unspecified atom stereocenters. The van der Waals surface area contributed by atoms with E-state index in [-0.39, 0.29) is 0 Å². The van der Waals surface area contributed by atoms with Crippen LogP contribution in [0, 0.1) is 13.8 Å². The van der Waals surface area contributed by atoms with Gasteiger partial charge in [0, 0.05) is 19.1 Å². The first-order valence-electron chi connectivity index (χ1n) is 7.55. The van der Waals surface area contributed by atoms with Crippen molar-refractivity contribution in [2.24, 2.45) is 0 Å². The minimum Gasteiger partial charge on any atom is -0.465 e. The van der Waals surface area contributed by atoms with E-state index in [1.807, 2.05) is 32.0 Å². The van der Waals surface area contributed by atoms with E-state index >= 15 is 0 Å². The van der Waals surface area contributed by atoms with E-state index in [0.717, 1.165) is 42.7 Å². The second-order valence-electron chi connectivity index (χ2n) is 5.71. The Morgan fingerprint density at radius 2 is 2.14 bits per heavy atom. The van der Waals surface area contributed by atoms with Gasteiger partial charge in [-0.2, -0.15) is 5.10 Å². The molecule has 1 atom stereocenters. The van der Waals surface area contributed by atoms with Gasteiger partial charge in [0.2, 0.25) is 0 Å². The van der Waals surface area contributed by atoms with Gasteiger partial charge in [0.25, 0.3) is 0 Å². The maximum atomic E-state index is 5.60. The smallest absolute Gasteiger partial charge is 0.151 e. The highest BCUT2D eigenvalue weighted by atomic mass is 16.3. The summed E-state index contributed by atoms with van der Waals surface area (Å²) in [6.45, 7) is 6.74. The topological polar surface area (TPSA) is 54.2 Å². The molecule has 0 amide bonds. The molecule has 1 saturated heterocycles. The molecule has 1 aliphatic heterocycles. The molecule has 1 aliphatic rings. The maximum absolute atomic E-state index is 5.60. The molecule has 1 fully saturated rings. The molecule has 5 heteroatoms. The molecule has 112 valence electrons. The average Bonchev–Trinajstić information content (AvgIpc) is 2.92. The van der Waals surface area contributed by atoms with Crippen LogP contribution in [0.4, 0.5) is 5.82 Å². The lowest BCUT2D eigenvalue weighted by Gasteiger charge is -2.33. The van der Waals surface area contributed by atoms with Crippen LogP contribution in [0.3, 0.4) is 0 Å². The van der Waals surface area contributed by atoms with Crippen molar-refractivity contribution in [2.75, 3.05) is 18.0 Å². The molecule has 0 spiro atoms. The van der Waals surface area contributed by atoms with E-state index in [1.54, 1.807) is 0 Å². The number of hydrogen-bond acceptors (Lipinski definition) is 5. The summed E-state index contributed by atoms with van der Waals surface area (Å²) >= 11 is 0. The van der Waals surface area contributed by atoms with Gasteiger partial charge in [-0.15, -0.1) is 5.10 Å². The number of hydrogen-bond donors (Lipinski definition) is 1. The van der Waals surface area contributed by atoms with Gasteiger partial charge in [-0.3, -0.25) is 0 Å². The predicted octanol–water partition coefficient (Wildman–Crippen LogP) is 2.45. The Hall–Kier alpha value is -1.88. The molecule has 2 aromatic rings. The first-order valence-corrected chi connectivity index (χ1v) is 7.55. The van der Waals surface area contributed by atoms with Crippen molar-refractivity contribution in [3.8, 4) is 0 Å². The maximum Gasteiger partial charge on any atom is 0.151 e. The summed E-state index contributed by atoms with van der Waals surface area (Å²) < 4.78 is 5.60. The normalized spacial score (nSPS) is 19.0. The summed E-state index contributed by atoms with van der Waals surface area (Å²) in [5, 5.41) is 12.0. The Labute approximate surface area is 125 Å². The van der Waals surface area contributed by atoms with E-state index in [9.17, 15) is 0 Å². The third-order valence-corrected chi connectivity index (χ3v) is 3.89. The van der Waals surface area contributed by atoms with Gasteiger partial charge >= 0.3 is 0 Å². The van der Waals surface area contributed by atoms with Crippen molar-refractivity contribution in [2.45, 2.75) is 39.3 Å². The van der Waals surface area contributed by atoms with E-state index in [0.29, 0.717) is 6.04 Å². The van der Waals surface area contributed by atoms with Gasteiger partial charge in [-0.05, 0) is 51.0 Å². The zero-order chi connectivity index (χ0) is 14.7. The Balaban J connectivity index is 1.56. The fourth-order valence-corrected chi connectivity index (χ4v) is 2.74. The molecule has 3 rings (SSSR count). The lowest BCUT2D eigenvalue weighted by Crippen LogP contribution is -2.45. The number of nitrogens with zero attached hydrogens (tertiary/aromatic N) is 3. The van der Waals surface area contributed by atoms with Gasteiger partial charge in [0.1, 0.15) is 11.5 Å². The Morgan fingerprint density at radius 3 is 2.86 bits per heavy atom. The fraction of sp³-hybridized carbons (Fsp3) is 0.500. The second-order valence-corrected chi connectivity index (χ2v) is 5.71. The minimum atomic E-state index is 0.465. The first-order chi connectivity index (χ1) is 10.2. The highest BCUT2D eigenvalue weighted by molar-refractivity contribution is 5.38. The van der Waals surface area contributed by atoms with Crippen molar-refractivity contribution in [3.63, 3.8) is 0 Å². The molecule has 3 heterocycles. The van der Waals surface area contributed by atoms with Crippen molar-refractivity contribution in [3.05, 3.63) is 41.5 Å². The zero-order valence-electron chi connectivity index (χ0n) is 12.7. The average molecular weight is 286 g/mol. The number of aryl methyl sites for hydroxylation is 2. The summed E-state index contributed by atoms with van der Waals surface area (Å²) in [4.78, 5) is 2.31. The quantitative estimate of drug-likeness (QED) is 0.935. The molecule has 5 nitrogen and oxygen atoms in total. The number of rotatable bonds is 4. The van der Waals surface area contributed by atoms with E-state index in [1.165, 1.54) is 12.8 Å². The molecule has 0 saturated carbocycles. The van der Waals surface area contributed by atoms with Crippen LogP contribution in [0.25, 0.3) is 0 Å². The van der Waals surface area contributed by atoms with Gasteiger partial charge in [-0.25, -0.2) is 0 Å². The summed E-state index contributed by atoms with van der Waals surface area (Å²) in [6.07, 6.45) is 2.36. The SMILES string of the molecule is Cc1ccc(N2CCC[C@H](NCc3ccc(C)o3)C2)nn1. The molecule has 0 aromatic carbocycles. The number of aromatic nitrogens is 2.